The summed E-state index contributed by atoms with van der Waals surface area (Å²) in [6, 6.07) is 0. The summed E-state index contributed by atoms with van der Waals surface area (Å²) in [5, 5.41) is 7.86. The number of fused-ring (bicyclic) bond motifs is 1. The zero-order chi connectivity index (χ0) is 14.2. The third-order valence-electron chi connectivity index (χ3n) is 4.88. The number of nitrogens with one attached hydrogen (secondary N) is 1. The first-order valence-electron chi connectivity index (χ1n) is 8.06. The monoisotopic (exact) mass is 285 g/mol. The summed E-state index contributed by atoms with van der Waals surface area (Å²) < 4.78 is 2.12. The lowest BCUT2D eigenvalue weighted by atomic mass is 10.1. The molecule has 5 nitrogen and oxygen atoms in total. The van der Waals surface area contributed by atoms with E-state index in [0.29, 0.717) is 0 Å². The number of aromatic amines is 1. The van der Waals surface area contributed by atoms with Gasteiger partial charge < -0.3 is 9.47 Å². The van der Waals surface area contributed by atoms with Gasteiger partial charge in [-0.2, -0.15) is 5.10 Å². The minimum Gasteiger partial charge on any atom is -0.338 e. The molecule has 0 amide bonds. The second-order valence-electron chi connectivity index (χ2n) is 6.39. The van der Waals surface area contributed by atoms with Crippen LogP contribution in [0.5, 0.6) is 0 Å². The van der Waals surface area contributed by atoms with Gasteiger partial charge in [0, 0.05) is 63.5 Å². The highest BCUT2D eigenvalue weighted by atomic mass is 15.2. The van der Waals surface area contributed by atoms with Crippen LogP contribution in [-0.2, 0) is 26.3 Å². The minimum absolute atomic E-state index is 0.754. The number of nitrogens with zero attached hydrogens (tertiary/aromatic N) is 4. The largest absolute Gasteiger partial charge is 0.338 e. The highest BCUT2D eigenvalue weighted by Crippen LogP contribution is 2.41. The van der Waals surface area contributed by atoms with Crippen molar-refractivity contribution in [2.45, 2.75) is 38.0 Å². The standard InChI is InChI=1S/C16H23N5/c1-20-11-7-17-15(20)6-10-21-8-4-13-14(5-9-21)18-19-16(13)12-2-3-12/h7,11-12H,2-6,8-10H2,1H3,(H,18,19). The number of aryl methyl sites for hydroxylation is 1. The molecule has 1 aliphatic heterocycles. The molecule has 2 aliphatic rings. The van der Waals surface area contributed by atoms with E-state index in [9.17, 15) is 0 Å². The molecule has 0 aromatic carbocycles. The molecule has 5 heteroatoms. The molecule has 0 atom stereocenters. The maximum absolute atomic E-state index is 4.57. The number of hydrogen-bond acceptors (Lipinski definition) is 3. The maximum Gasteiger partial charge on any atom is 0.109 e. The second kappa shape index (κ2) is 5.30. The lowest BCUT2D eigenvalue weighted by molar-refractivity contribution is 0.287. The molecule has 0 radical (unpaired) electrons. The predicted octanol–water partition coefficient (Wildman–Crippen LogP) is 1.66. The minimum atomic E-state index is 0.754. The average molecular weight is 285 g/mol. The average Bonchev–Trinajstić information content (AvgIpc) is 3.19. The Morgan fingerprint density at radius 2 is 2.14 bits per heavy atom. The summed E-state index contributed by atoms with van der Waals surface area (Å²) in [4.78, 5) is 6.99. The van der Waals surface area contributed by atoms with Gasteiger partial charge in [0.2, 0.25) is 0 Å². The number of rotatable bonds is 4. The normalized spacial score (nSPS) is 19.5. The van der Waals surface area contributed by atoms with Gasteiger partial charge >= 0.3 is 0 Å². The molecule has 1 fully saturated rings. The Hall–Kier alpha value is -1.62. The number of aromatic nitrogens is 4. The van der Waals surface area contributed by atoms with E-state index in [1.807, 2.05) is 12.4 Å². The Balaban J connectivity index is 1.39. The molecule has 0 saturated heterocycles. The molecule has 4 rings (SSSR count). The van der Waals surface area contributed by atoms with Crippen LogP contribution in [0.2, 0.25) is 0 Å². The highest BCUT2D eigenvalue weighted by Gasteiger charge is 2.31. The van der Waals surface area contributed by atoms with Crippen molar-refractivity contribution < 1.29 is 0 Å². The van der Waals surface area contributed by atoms with Crippen LogP contribution in [0, 0.1) is 0 Å². The molecule has 1 N–H and O–H groups in total. The molecular weight excluding hydrogens is 262 g/mol. The molecule has 2 aromatic rings. The molecule has 2 aromatic heterocycles. The summed E-state index contributed by atoms with van der Waals surface area (Å²) in [7, 11) is 2.07. The molecule has 112 valence electrons. The van der Waals surface area contributed by atoms with E-state index in [1.165, 1.54) is 35.6 Å². The number of imidazole rings is 1. The number of H-pyrrole nitrogens is 1. The van der Waals surface area contributed by atoms with E-state index in [1.54, 1.807) is 0 Å². The molecular formula is C16H23N5. The van der Waals surface area contributed by atoms with Crippen LogP contribution in [0.1, 0.15) is 41.5 Å². The van der Waals surface area contributed by atoms with Crippen LogP contribution in [0.15, 0.2) is 12.4 Å². The van der Waals surface area contributed by atoms with Crippen LogP contribution in [0.4, 0.5) is 0 Å². The lowest BCUT2D eigenvalue weighted by Crippen LogP contribution is -2.29. The summed E-state index contributed by atoms with van der Waals surface area (Å²) in [5.74, 6) is 1.93. The fourth-order valence-electron chi connectivity index (χ4n) is 3.37. The first-order valence-corrected chi connectivity index (χ1v) is 8.06. The molecule has 0 spiro atoms. The van der Waals surface area contributed by atoms with Crippen molar-refractivity contribution in [3.8, 4) is 0 Å². The van der Waals surface area contributed by atoms with Crippen LogP contribution in [-0.4, -0.2) is 44.3 Å². The van der Waals surface area contributed by atoms with E-state index >= 15 is 0 Å². The third kappa shape index (κ3) is 2.62. The first-order chi connectivity index (χ1) is 10.3. The van der Waals surface area contributed by atoms with Crippen LogP contribution < -0.4 is 0 Å². The molecule has 1 saturated carbocycles. The molecule has 0 unspecified atom stereocenters. The summed E-state index contributed by atoms with van der Waals surface area (Å²) in [6.45, 7) is 3.38. The van der Waals surface area contributed by atoms with E-state index in [2.05, 4.69) is 31.7 Å². The Bertz CT molecular complexity index is 622. The van der Waals surface area contributed by atoms with Gasteiger partial charge in [-0.05, 0) is 24.8 Å². The third-order valence-corrected chi connectivity index (χ3v) is 4.88. The Kier molecular flexibility index (Phi) is 3.30. The van der Waals surface area contributed by atoms with Crippen molar-refractivity contribution in [3.05, 3.63) is 35.2 Å². The molecule has 21 heavy (non-hydrogen) atoms. The van der Waals surface area contributed by atoms with Gasteiger partial charge in [0.15, 0.2) is 0 Å². The fraction of sp³-hybridized carbons (Fsp3) is 0.625. The molecule has 1 aliphatic carbocycles. The summed E-state index contributed by atoms with van der Waals surface area (Å²) in [5.41, 5.74) is 4.28. The van der Waals surface area contributed by atoms with Crippen LogP contribution in [0.25, 0.3) is 0 Å². The Morgan fingerprint density at radius 3 is 2.90 bits per heavy atom. The van der Waals surface area contributed by atoms with Crippen molar-refractivity contribution in [2.24, 2.45) is 7.05 Å². The van der Waals surface area contributed by atoms with Gasteiger partial charge in [-0.1, -0.05) is 0 Å². The first kappa shape index (κ1) is 13.1. The second-order valence-corrected chi connectivity index (χ2v) is 6.39. The smallest absolute Gasteiger partial charge is 0.109 e. The van der Waals surface area contributed by atoms with Gasteiger partial charge in [0.1, 0.15) is 5.82 Å². The van der Waals surface area contributed by atoms with Gasteiger partial charge in [0.25, 0.3) is 0 Å². The van der Waals surface area contributed by atoms with Crippen molar-refractivity contribution >= 4 is 0 Å². The highest BCUT2D eigenvalue weighted by molar-refractivity contribution is 5.32. The zero-order valence-electron chi connectivity index (χ0n) is 12.7. The SMILES string of the molecule is Cn1ccnc1CCN1CCc2[nH]nc(C3CC3)c2CC1. The predicted molar refractivity (Wildman–Crippen MR) is 81.3 cm³/mol. The molecule has 3 heterocycles. The van der Waals surface area contributed by atoms with Crippen molar-refractivity contribution in [3.63, 3.8) is 0 Å². The van der Waals surface area contributed by atoms with E-state index < -0.39 is 0 Å². The fourth-order valence-corrected chi connectivity index (χ4v) is 3.37. The Labute approximate surface area is 125 Å². The van der Waals surface area contributed by atoms with Crippen molar-refractivity contribution in [2.75, 3.05) is 19.6 Å². The number of hydrogen-bond donors (Lipinski definition) is 1. The van der Waals surface area contributed by atoms with Gasteiger partial charge in [-0.25, -0.2) is 4.98 Å². The van der Waals surface area contributed by atoms with E-state index in [0.717, 1.165) is 44.8 Å². The quantitative estimate of drug-likeness (QED) is 0.929. The van der Waals surface area contributed by atoms with Gasteiger partial charge in [0.05, 0.1) is 5.69 Å². The molecule has 0 bridgehead atoms. The van der Waals surface area contributed by atoms with Crippen molar-refractivity contribution in [1.29, 1.82) is 0 Å². The van der Waals surface area contributed by atoms with Crippen LogP contribution in [0.3, 0.4) is 0 Å². The topological polar surface area (TPSA) is 49.7 Å². The zero-order valence-corrected chi connectivity index (χ0v) is 12.7. The summed E-state index contributed by atoms with van der Waals surface area (Å²) >= 11 is 0. The van der Waals surface area contributed by atoms with Crippen LogP contribution >= 0.6 is 0 Å². The van der Waals surface area contributed by atoms with Gasteiger partial charge in [-0.15, -0.1) is 0 Å². The van der Waals surface area contributed by atoms with E-state index in [4.69, 9.17) is 0 Å². The van der Waals surface area contributed by atoms with Gasteiger partial charge in [-0.3, -0.25) is 5.10 Å². The van der Waals surface area contributed by atoms with E-state index in [-0.39, 0.29) is 0 Å². The van der Waals surface area contributed by atoms with Crippen molar-refractivity contribution in [1.82, 2.24) is 24.6 Å². The summed E-state index contributed by atoms with van der Waals surface area (Å²) in [6.07, 6.45) is 9.87. The Morgan fingerprint density at radius 1 is 1.29 bits per heavy atom. The maximum atomic E-state index is 4.57. The lowest BCUT2D eigenvalue weighted by Gasteiger charge is -2.19.